The maximum Gasteiger partial charge on any atom is 0.389 e. The second-order valence-corrected chi connectivity index (χ2v) is 7.60. The third-order valence-corrected chi connectivity index (χ3v) is 4.01. The third kappa shape index (κ3) is 7.56. The fraction of sp³-hybridized carbons (Fsp3) is 0.875. The van der Waals surface area contributed by atoms with Gasteiger partial charge in [0.1, 0.15) is 5.60 Å². The van der Waals surface area contributed by atoms with Crippen molar-refractivity contribution in [2.24, 2.45) is 17.8 Å². The standard InChI is InChI=1S/C16H23F5O4/c1-14(2,3)25-13(24)11(6-9-7-15(17,18)8-9)10(12(22)23)4-5-16(19,20)21/h9-11H,4-8H2,1-3H3,(H,22,23). The lowest BCUT2D eigenvalue weighted by Gasteiger charge is -2.38. The van der Waals surface area contributed by atoms with Gasteiger partial charge in [0.2, 0.25) is 5.92 Å². The lowest BCUT2D eigenvalue weighted by Crippen LogP contribution is -2.42. The van der Waals surface area contributed by atoms with Gasteiger partial charge in [0.05, 0.1) is 11.8 Å². The van der Waals surface area contributed by atoms with Gasteiger partial charge in [0.15, 0.2) is 0 Å². The molecule has 0 aliphatic heterocycles. The Morgan fingerprint density at radius 2 is 1.68 bits per heavy atom. The number of rotatable bonds is 7. The minimum atomic E-state index is -4.57. The van der Waals surface area contributed by atoms with Crippen molar-refractivity contribution in [2.45, 2.75) is 70.6 Å². The molecule has 25 heavy (non-hydrogen) atoms. The summed E-state index contributed by atoms with van der Waals surface area (Å²) >= 11 is 0. The highest BCUT2D eigenvalue weighted by Crippen LogP contribution is 2.47. The van der Waals surface area contributed by atoms with E-state index in [4.69, 9.17) is 4.74 Å². The zero-order valence-electron chi connectivity index (χ0n) is 14.3. The number of carbonyl (C=O) groups excluding carboxylic acids is 1. The number of hydrogen-bond donors (Lipinski definition) is 1. The molecule has 0 heterocycles. The van der Waals surface area contributed by atoms with Crippen LogP contribution in [0.3, 0.4) is 0 Å². The molecule has 1 rings (SSSR count). The van der Waals surface area contributed by atoms with Crippen molar-refractivity contribution in [3.05, 3.63) is 0 Å². The number of carboxylic acids is 1. The summed E-state index contributed by atoms with van der Waals surface area (Å²) in [7, 11) is 0. The smallest absolute Gasteiger partial charge is 0.389 e. The average molecular weight is 374 g/mol. The summed E-state index contributed by atoms with van der Waals surface area (Å²) in [5, 5.41) is 9.27. The van der Waals surface area contributed by atoms with Gasteiger partial charge >= 0.3 is 18.1 Å². The Balaban J connectivity index is 2.92. The van der Waals surface area contributed by atoms with Gasteiger partial charge in [-0.3, -0.25) is 9.59 Å². The van der Waals surface area contributed by atoms with E-state index in [2.05, 4.69) is 0 Å². The topological polar surface area (TPSA) is 63.6 Å². The first-order valence-electron chi connectivity index (χ1n) is 8.00. The van der Waals surface area contributed by atoms with Gasteiger partial charge in [-0.2, -0.15) is 13.2 Å². The number of hydrogen-bond acceptors (Lipinski definition) is 3. The molecule has 4 nitrogen and oxygen atoms in total. The first-order chi connectivity index (χ1) is 11.1. The highest BCUT2D eigenvalue weighted by Gasteiger charge is 2.49. The van der Waals surface area contributed by atoms with Crippen molar-refractivity contribution in [1.82, 2.24) is 0 Å². The molecule has 0 saturated heterocycles. The predicted octanol–water partition coefficient (Wildman–Crippen LogP) is 4.42. The van der Waals surface area contributed by atoms with Gasteiger partial charge in [-0.05, 0) is 39.5 Å². The number of ether oxygens (including phenoxy) is 1. The summed E-state index contributed by atoms with van der Waals surface area (Å²) in [6.45, 7) is 4.60. The van der Waals surface area contributed by atoms with Crippen LogP contribution in [0, 0.1) is 17.8 Å². The van der Waals surface area contributed by atoms with Crippen LogP contribution in [0.2, 0.25) is 0 Å². The summed E-state index contributed by atoms with van der Waals surface area (Å²) < 4.78 is 68.4. The molecule has 1 aliphatic carbocycles. The maximum atomic E-state index is 13.0. The number of carboxylic acid groups (broad SMARTS) is 1. The number of carbonyl (C=O) groups is 2. The van der Waals surface area contributed by atoms with Crippen molar-refractivity contribution < 1.29 is 41.4 Å². The molecule has 0 aromatic rings. The molecular formula is C16H23F5O4. The Hall–Kier alpha value is -1.41. The highest BCUT2D eigenvalue weighted by atomic mass is 19.4. The SMILES string of the molecule is CC(C)(C)OC(=O)C(CC1CC(F)(F)C1)C(CCC(F)(F)F)C(=O)O. The quantitative estimate of drug-likeness (QED) is 0.529. The maximum absolute atomic E-state index is 13.0. The average Bonchev–Trinajstić information content (AvgIpc) is 2.31. The first kappa shape index (κ1) is 21.6. The van der Waals surface area contributed by atoms with E-state index in [9.17, 15) is 36.6 Å². The normalized spacial score (nSPS) is 20.5. The van der Waals surface area contributed by atoms with Crippen LogP contribution >= 0.6 is 0 Å². The fourth-order valence-electron chi connectivity index (χ4n) is 2.93. The minimum Gasteiger partial charge on any atom is -0.481 e. The molecular weight excluding hydrogens is 351 g/mol. The monoisotopic (exact) mass is 374 g/mol. The molecule has 1 saturated carbocycles. The molecule has 9 heteroatoms. The van der Waals surface area contributed by atoms with Crippen LogP contribution < -0.4 is 0 Å². The molecule has 0 spiro atoms. The van der Waals surface area contributed by atoms with E-state index in [0.29, 0.717) is 0 Å². The van der Waals surface area contributed by atoms with Crippen molar-refractivity contribution in [2.75, 3.05) is 0 Å². The molecule has 2 atom stereocenters. The number of alkyl halides is 5. The van der Waals surface area contributed by atoms with Crippen molar-refractivity contribution in [3.8, 4) is 0 Å². The zero-order chi connectivity index (χ0) is 19.6. The molecule has 0 aromatic heterocycles. The third-order valence-electron chi connectivity index (χ3n) is 4.01. The highest BCUT2D eigenvalue weighted by molar-refractivity contribution is 5.81. The fourth-order valence-corrected chi connectivity index (χ4v) is 2.93. The van der Waals surface area contributed by atoms with Crippen LogP contribution in [-0.4, -0.2) is 34.7 Å². The van der Waals surface area contributed by atoms with Gasteiger partial charge in [0, 0.05) is 19.3 Å². The second-order valence-electron chi connectivity index (χ2n) is 7.60. The molecule has 0 radical (unpaired) electrons. The van der Waals surface area contributed by atoms with Crippen molar-refractivity contribution in [3.63, 3.8) is 0 Å². The Morgan fingerprint density at radius 1 is 1.16 bits per heavy atom. The summed E-state index contributed by atoms with van der Waals surface area (Å²) in [5.74, 6) is -9.02. The summed E-state index contributed by atoms with van der Waals surface area (Å²) in [4.78, 5) is 23.7. The van der Waals surface area contributed by atoms with E-state index in [1.165, 1.54) is 20.8 Å². The molecule has 2 unspecified atom stereocenters. The Kier molecular flexibility index (Phi) is 6.45. The summed E-state index contributed by atoms with van der Waals surface area (Å²) in [6, 6.07) is 0. The van der Waals surface area contributed by atoms with Gasteiger partial charge < -0.3 is 9.84 Å². The van der Waals surface area contributed by atoms with E-state index in [1.54, 1.807) is 0 Å². The zero-order valence-corrected chi connectivity index (χ0v) is 14.3. The Bertz CT molecular complexity index is 488. The largest absolute Gasteiger partial charge is 0.481 e. The van der Waals surface area contributed by atoms with Crippen molar-refractivity contribution in [1.29, 1.82) is 0 Å². The number of aliphatic carboxylic acids is 1. The minimum absolute atomic E-state index is 0.223. The molecule has 0 bridgehead atoms. The van der Waals surface area contributed by atoms with Crippen LogP contribution in [0.4, 0.5) is 22.0 Å². The van der Waals surface area contributed by atoms with Gasteiger partial charge in [-0.15, -0.1) is 0 Å². The molecule has 1 aliphatic rings. The van der Waals surface area contributed by atoms with Crippen LogP contribution in [0.15, 0.2) is 0 Å². The molecule has 0 amide bonds. The molecule has 1 N–H and O–H groups in total. The lowest BCUT2D eigenvalue weighted by molar-refractivity contribution is -0.174. The predicted molar refractivity (Wildman–Crippen MR) is 78.0 cm³/mol. The molecule has 1 fully saturated rings. The van der Waals surface area contributed by atoms with Crippen LogP contribution in [0.25, 0.3) is 0 Å². The Labute approximate surface area is 142 Å². The summed E-state index contributed by atoms with van der Waals surface area (Å²) in [5.41, 5.74) is -0.966. The second kappa shape index (κ2) is 7.45. The van der Waals surface area contributed by atoms with Gasteiger partial charge in [-0.25, -0.2) is 8.78 Å². The van der Waals surface area contributed by atoms with E-state index in [1.807, 2.05) is 0 Å². The van der Waals surface area contributed by atoms with Crippen molar-refractivity contribution >= 4 is 11.9 Å². The van der Waals surface area contributed by atoms with E-state index >= 15 is 0 Å². The Morgan fingerprint density at radius 3 is 2.04 bits per heavy atom. The van der Waals surface area contributed by atoms with E-state index in [0.717, 1.165) is 0 Å². The van der Waals surface area contributed by atoms with Crippen LogP contribution in [-0.2, 0) is 14.3 Å². The first-order valence-corrected chi connectivity index (χ1v) is 8.00. The van der Waals surface area contributed by atoms with Gasteiger partial charge in [0.25, 0.3) is 0 Å². The molecule has 146 valence electrons. The van der Waals surface area contributed by atoms with Gasteiger partial charge in [-0.1, -0.05) is 0 Å². The van der Waals surface area contributed by atoms with E-state index in [-0.39, 0.29) is 6.42 Å². The van der Waals surface area contributed by atoms with E-state index < -0.39 is 73.1 Å². The molecule has 0 aromatic carbocycles. The van der Waals surface area contributed by atoms with Crippen LogP contribution in [0.1, 0.15) is 52.9 Å². The summed E-state index contributed by atoms with van der Waals surface area (Å²) in [6.07, 6.45) is -7.97. The number of halogens is 5. The van der Waals surface area contributed by atoms with Crippen LogP contribution in [0.5, 0.6) is 0 Å². The number of esters is 1. The lowest BCUT2D eigenvalue weighted by atomic mass is 9.72.